The normalized spacial score (nSPS) is 18.6. The van der Waals surface area contributed by atoms with Gasteiger partial charge in [-0.15, -0.1) is 11.3 Å². The number of amides is 1. The minimum Gasteiger partial charge on any atom is -0.410 e. The second-order valence-corrected chi connectivity index (χ2v) is 6.89. The highest BCUT2D eigenvalue weighted by molar-refractivity contribution is 7.15. The summed E-state index contributed by atoms with van der Waals surface area (Å²) < 4.78 is 5.20. The molecule has 1 saturated heterocycles. The zero-order chi connectivity index (χ0) is 16.1. The average Bonchev–Trinajstić information content (AvgIpc) is 2.97. The number of thiazole rings is 1. The maximum Gasteiger partial charge on any atom is 0.418 e. The van der Waals surface area contributed by atoms with E-state index in [1.807, 2.05) is 24.4 Å². The molecule has 1 atom stereocenters. The Labute approximate surface area is 140 Å². The van der Waals surface area contributed by atoms with E-state index in [4.69, 9.17) is 4.74 Å². The molecular formula is C17H21N3O2S. The van der Waals surface area contributed by atoms with Crippen molar-refractivity contribution in [2.45, 2.75) is 38.8 Å². The molecule has 0 bridgehead atoms. The van der Waals surface area contributed by atoms with Crippen LogP contribution in [0.15, 0.2) is 36.5 Å². The Balaban J connectivity index is 1.53. The molecule has 0 spiro atoms. The fourth-order valence-corrected chi connectivity index (χ4v) is 3.56. The van der Waals surface area contributed by atoms with Crippen molar-refractivity contribution in [3.05, 3.63) is 41.4 Å². The predicted octanol–water partition coefficient (Wildman–Crippen LogP) is 4.13. The lowest BCUT2D eigenvalue weighted by Crippen LogP contribution is -2.36. The first kappa shape index (κ1) is 16.0. The molecule has 1 N–H and O–H groups in total. The molecule has 3 rings (SSSR count). The summed E-state index contributed by atoms with van der Waals surface area (Å²) in [5.74, 6) is 0.518. The topological polar surface area (TPSA) is 54.5 Å². The second kappa shape index (κ2) is 7.57. The first-order valence-electron chi connectivity index (χ1n) is 7.93. The number of anilines is 1. The molecule has 5 nitrogen and oxygen atoms in total. The summed E-state index contributed by atoms with van der Waals surface area (Å²) in [6.45, 7) is 4.31. The summed E-state index contributed by atoms with van der Waals surface area (Å²) in [6, 6.07) is 9.62. The summed E-state index contributed by atoms with van der Waals surface area (Å²) >= 11 is 1.50. The molecule has 2 heterocycles. The van der Waals surface area contributed by atoms with Crippen molar-refractivity contribution < 1.29 is 9.53 Å². The number of piperidine rings is 1. The number of hydrogen-bond donors (Lipinski definition) is 1. The van der Waals surface area contributed by atoms with Gasteiger partial charge in [-0.2, -0.15) is 0 Å². The number of nitrogens with one attached hydrogen (secondary N) is 1. The molecule has 122 valence electrons. The van der Waals surface area contributed by atoms with E-state index in [0.717, 1.165) is 18.0 Å². The number of benzene rings is 1. The first-order chi connectivity index (χ1) is 11.2. The number of aromatic nitrogens is 1. The van der Waals surface area contributed by atoms with Gasteiger partial charge >= 0.3 is 6.09 Å². The molecule has 1 fully saturated rings. The second-order valence-electron chi connectivity index (χ2n) is 5.77. The summed E-state index contributed by atoms with van der Waals surface area (Å²) in [7, 11) is 0. The van der Waals surface area contributed by atoms with Crippen molar-refractivity contribution in [3.8, 4) is 5.75 Å². The fraction of sp³-hybridized carbons (Fsp3) is 0.412. The van der Waals surface area contributed by atoms with Crippen molar-refractivity contribution >= 4 is 22.6 Å². The van der Waals surface area contributed by atoms with E-state index in [0.29, 0.717) is 16.9 Å². The molecule has 1 amide bonds. The maximum absolute atomic E-state index is 11.9. The van der Waals surface area contributed by atoms with Gasteiger partial charge in [-0.3, -0.25) is 10.2 Å². The number of para-hydroxylation sites is 1. The highest BCUT2D eigenvalue weighted by atomic mass is 32.1. The molecule has 0 saturated carbocycles. The predicted molar refractivity (Wildman–Crippen MR) is 91.9 cm³/mol. The molecule has 0 aliphatic carbocycles. The van der Waals surface area contributed by atoms with Gasteiger partial charge < -0.3 is 4.74 Å². The fourth-order valence-electron chi connectivity index (χ4n) is 2.74. The number of nitrogens with zero attached hydrogens (tertiary/aromatic N) is 2. The van der Waals surface area contributed by atoms with Crippen LogP contribution in [0.3, 0.4) is 0 Å². The lowest BCUT2D eigenvalue weighted by Gasteiger charge is -2.32. The number of carbonyl (C=O) groups excluding carboxylic acids is 1. The number of carbonyl (C=O) groups is 1. The monoisotopic (exact) mass is 331 g/mol. The van der Waals surface area contributed by atoms with Crippen LogP contribution < -0.4 is 10.1 Å². The lowest BCUT2D eigenvalue weighted by atomic mass is 10.0. The molecule has 1 aliphatic heterocycles. The van der Waals surface area contributed by atoms with Crippen LogP contribution in [0.2, 0.25) is 0 Å². The van der Waals surface area contributed by atoms with Gasteiger partial charge in [0.1, 0.15) is 5.75 Å². The molecule has 1 aliphatic rings. The van der Waals surface area contributed by atoms with Crippen LogP contribution in [0.1, 0.15) is 31.1 Å². The van der Waals surface area contributed by atoms with Crippen molar-refractivity contribution in [1.82, 2.24) is 9.88 Å². The number of likely N-dealkylation sites (tertiary alicyclic amines) is 1. The lowest BCUT2D eigenvalue weighted by molar-refractivity contribution is 0.154. The van der Waals surface area contributed by atoms with Crippen LogP contribution >= 0.6 is 11.3 Å². The van der Waals surface area contributed by atoms with Gasteiger partial charge in [0.15, 0.2) is 5.13 Å². The van der Waals surface area contributed by atoms with E-state index < -0.39 is 6.09 Å². The third-order valence-corrected chi connectivity index (χ3v) is 4.91. The Morgan fingerprint density at radius 2 is 2.22 bits per heavy atom. The average molecular weight is 331 g/mol. The van der Waals surface area contributed by atoms with E-state index in [9.17, 15) is 4.79 Å². The quantitative estimate of drug-likeness (QED) is 0.915. The summed E-state index contributed by atoms with van der Waals surface area (Å²) in [6.07, 6.45) is 5.16. The number of hydrogen-bond acceptors (Lipinski definition) is 5. The van der Waals surface area contributed by atoms with Crippen molar-refractivity contribution in [3.63, 3.8) is 0 Å². The van der Waals surface area contributed by atoms with Gasteiger partial charge in [0.2, 0.25) is 0 Å². The Bertz CT molecular complexity index is 644. The largest absolute Gasteiger partial charge is 0.418 e. The molecule has 1 aromatic carbocycles. The summed E-state index contributed by atoms with van der Waals surface area (Å²) in [5.41, 5.74) is 0. The zero-order valence-electron chi connectivity index (χ0n) is 13.2. The third kappa shape index (κ3) is 4.53. The SMILES string of the molecule is CC1CCCCN1Cc1cnc(NC(=O)Oc2ccccc2)s1. The van der Waals surface area contributed by atoms with Gasteiger partial charge in [0.25, 0.3) is 0 Å². The first-order valence-corrected chi connectivity index (χ1v) is 8.75. The number of ether oxygens (including phenoxy) is 1. The van der Waals surface area contributed by atoms with E-state index in [2.05, 4.69) is 22.1 Å². The smallest absolute Gasteiger partial charge is 0.410 e. The van der Waals surface area contributed by atoms with Crippen LogP contribution in [-0.2, 0) is 6.54 Å². The molecule has 1 aromatic heterocycles. The van der Waals surface area contributed by atoms with Crippen LogP contribution in [0, 0.1) is 0 Å². The molecule has 6 heteroatoms. The zero-order valence-corrected chi connectivity index (χ0v) is 14.0. The molecular weight excluding hydrogens is 310 g/mol. The third-order valence-electron chi connectivity index (χ3n) is 4.02. The minimum absolute atomic E-state index is 0.511. The summed E-state index contributed by atoms with van der Waals surface area (Å²) in [5, 5.41) is 3.26. The Hall–Kier alpha value is -1.92. The highest BCUT2D eigenvalue weighted by Crippen LogP contribution is 2.24. The number of rotatable bonds is 4. The van der Waals surface area contributed by atoms with Crippen LogP contribution in [0.4, 0.5) is 9.93 Å². The standard InChI is InChI=1S/C17H21N3O2S/c1-13-7-5-6-10-20(13)12-15-11-18-16(23-15)19-17(21)22-14-8-3-2-4-9-14/h2-4,8-9,11,13H,5-7,10,12H2,1H3,(H,18,19,21). The van der Waals surface area contributed by atoms with E-state index >= 15 is 0 Å². The van der Waals surface area contributed by atoms with Gasteiger partial charge in [-0.25, -0.2) is 9.78 Å². The Morgan fingerprint density at radius 3 is 3.00 bits per heavy atom. The van der Waals surface area contributed by atoms with Crippen molar-refractivity contribution in [2.75, 3.05) is 11.9 Å². The van der Waals surface area contributed by atoms with Crippen molar-refractivity contribution in [1.29, 1.82) is 0 Å². The van der Waals surface area contributed by atoms with Gasteiger partial charge in [0, 0.05) is 23.7 Å². The Morgan fingerprint density at radius 1 is 1.39 bits per heavy atom. The Kier molecular flexibility index (Phi) is 5.25. The molecule has 2 aromatic rings. The summed E-state index contributed by atoms with van der Waals surface area (Å²) in [4.78, 5) is 19.8. The van der Waals surface area contributed by atoms with E-state index in [1.54, 1.807) is 12.1 Å². The molecule has 0 radical (unpaired) electrons. The van der Waals surface area contributed by atoms with Crippen molar-refractivity contribution in [2.24, 2.45) is 0 Å². The van der Waals surface area contributed by atoms with E-state index in [-0.39, 0.29) is 0 Å². The van der Waals surface area contributed by atoms with Gasteiger partial charge in [0.05, 0.1) is 0 Å². The maximum atomic E-state index is 11.9. The van der Waals surface area contributed by atoms with Gasteiger partial charge in [-0.1, -0.05) is 24.6 Å². The van der Waals surface area contributed by atoms with Crippen LogP contribution in [0.5, 0.6) is 5.75 Å². The van der Waals surface area contributed by atoms with E-state index in [1.165, 1.54) is 30.6 Å². The molecule has 23 heavy (non-hydrogen) atoms. The van der Waals surface area contributed by atoms with Crippen LogP contribution in [-0.4, -0.2) is 28.6 Å². The minimum atomic E-state index is -0.511. The highest BCUT2D eigenvalue weighted by Gasteiger charge is 2.19. The van der Waals surface area contributed by atoms with Gasteiger partial charge in [-0.05, 0) is 38.4 Å². The molecule has 1 unspecified atom stereocenters. The van der Waals surface area contributed by atoms with Crippen LogP contribution in [0.25, 0.3) is 0 Å².